The monoisotopic (exact) mass is 994 g/mol. The standard InChI is InChI=1S/C60H117N2O6P/c1-6-8-10-12-14-16-18-20-22-24-26-27-28-29-30-31-32-33-34-35-36-38-40-42-44-46-48-50-52-54-60(64)61-58(57-68-69(65,66)67-56-55-62(3,4)5)59(63)53-51-49-47-45-43-41-39-37-25-23-21-19-17-15-13-11-9-7-2/h18,20,24,26,28-29,58-59,63H,6-17,19,21-23,25,27,30-57H2,1-5H3,(H-,61,64,65,66)/p+1/b20-18-,26-24-,29-28-. The number of hydrogen-bond donors (Lipinski definition) is 3. The van der Waals surface area contributed by atoms with Gasteiger partial charge in [-0.15, -0.1) is 0 Å². The first-order chi connectivity index (χ1) is 33.5. The summed E-state index contributed by atoms with van der Waals surface area (Å²) in [5, 5.41) is 14.1. The first-order valence-electron chi connectivity index (χ1n) is 29.9. The third-order valence-electron chi connectivity index (χ3n) is 13.6. The molecule has 0 spiro atoms. The topological polar surface area (TPSA) is 105 Å². The number of allylic oxidation sites excluding steroid dienone is 6. The number of carbonyl (C=O) groups excluding carboxylic acids is 1. The molecular weight excluding hydrogens is 876 g/mol. The molecule has 0 radical (unpaired) electrons. The second-order valence-electron chi connectivity index (χ2n) is 21.7. The van der Waals surface area contributed by atoms with Gasteiger partial charge >= 0.3 is 7.82 Å². The molecule has 0 saturated heterocycles. The van der Waals surface area contributed by atoms with E-state index in [2.05, 4.69) is 55.6 Å². The van der Waals surface area contributed by atoms with Crippen molar-refractivity contribution in [1.82, 2.24) is 5.32 Å². The average Bonchev–Trinajstić information content (AvgIpc) is 3.31. The van der Waals surface area contributed by atoms with E-state index >= 15 is 0 Å². The maximum atomic E-state index is 13.0. The summed E-state index contributed by atoms with van der Waals surface area (Å²) in [5.74, 6) is -0.142. The summed E-state index contributed by atoms with van der Waals surface area (Å²) in [6.45, 7) is 4.91. The van der Waals surface area contributed by atoms with Crippen molar-refractivity contribution in [3.8, 4) is 0 Å². The van der Waals surface area contributed by atoms with Crippen LogP contribution < -0.4 is 5.32 Å². The van der Waals surface area contributed by atoms with Crippen molar-refractivity contribution in [3.05, 3.63) is 36.5 Å². The van der Waals surface area contributed by atoms with Gasteiger partial charge in [-0.2, -0.15) is 0 Å². The summed E-state index contributed by atoms with van der Waals surface area (Å²) in [7, 11) is 1.62. The number of aliphatic hydroxyl groups is 1. The van der Waals surface area contributed by atoms with Crippen LogP contribution in [0.15, 0.2) is 36.5 Å². The Labute approximate surface area is 429 Å². The SMILES string of the molecule is CCCCCCC/C=C\C/C=C\C/C=C\CCCCCCCCCCCCCCCCC(=O)NC(COP(=O)(O)OCC[N+](C)(C)C)C(O)CCCCCCCCCCCCCCCCCCCC. The van der Waals surface area contributed by atoms with Crippen LogP contribution in [0.25, 0.3) is 0 Å². The molecule has 0 aliphatic carbocycles. The molecule has 408 valence electrons. The maximum Gasteiger partial charge on any atom is 0.472 e. The second kappa shape index (κ2) is 51.6. The van der Waals surface area contributed by atoms with Gasteiger partial charge in [-0.1, -0.05) is 269 Å². The van der Waals surface area contributed by atoms with E-state index < -0.39 is 20.0 Å². The normalized spacial score (nSPS) is 14.1. The summed E-state index contributed by atoms with van der Waals surface area (Å²) >= 11 is 0. The Balaban J connectivity index is 4.10. The van der Waals surface area contributed by atoms with Crippen molar-refractivity contribution < 1.29 is 32.9 Å². The van der Waals surface area contributed by atoms with Gasteiger partial charge in [0.1, 0.15) is 13.2 Å². The third kappa shape index (κ3) is 54.3. The number of likely N-dealkylation sites (N-methyl/N-ethyl adjacent to an activating group) is 1. The van der Waals surface area contributed by atoms with Crippen molar-refractivity contribution in [3.63, 3.8) is 0 Å². The van der Waals surface area contributed by atoms with Gasteiger partial charge < -0.3 is 19.8 Å². The highest BCUT2D eigenvalue weighted by atomic mass is 31.2. The Kier molecular flexibility index (Phi) is 50.7. The fourth-order valence-corrected chi connectivity index (χ4v) is 9.67. The Morgan fingerprint density at radius 3 is 1.20 bits per heavy atom. The molecule has 3 N–H and O–H groups in total. The van der Waals surface area contributed by atoms with E-state index in [1.54, 1.807) is 0 Å². The van der Waals surface area contributed by atoms with E-state index in [1.807, 2.05) is 21.1 Å². The number of aliphatic hydroxyl groups excluding tert-OH is 1. The smallest absolute Gasteiger partial charge is 0.391 e. The van der Waals surface area contributed by atoms with E-state index in [1.165, 1.54) is 212 Å². The minimum absolute atomic E-state index is 0.0754. The Morgan fingerprint density at radius 1 is 0.493 bits per heavy atom. The van der Waals surface area contributed by atoms with Crippen molar-refractivity contribution in [2.24, 2.45) is 0 Å². The van der Waals surface area contributed by atoms with Crippen molar-refractivity contribution in [2.75, 3.05) is 40.9 Å². The first-order valence-corrected chi connectivity index (χ1v) is 31.3. The van der Waals surface area contributed by atoms with E-state index in [4.69, 9.17) is 9.05 Å². The molecule has 0 rings (SSSR count). The van der Waals surface area contributed by atoms with Gasteiger partial charge in [-0.05, 0) is 51.4 Å². The molecule has 0 aromatic rings. The quantitative estimate of drug-likeness (QED) is 0.0243. The first kappa shape index (κ1) is 67.7. The Bertz CT molecular complexity index is 1220. The van der Waals surface area contributed by atoms with E-state index in [0.717, 1.165) is 51.4 Å². The van der Waals surface area contributed by atoms with Crippen LogP contribution in [-0.2, 0) is 18.4 Å². The lowest BCUT2D eigenvalue weighted by Gasteiger charge is -2.26. The van der Waals surface area contributed by atoms with Gasteiger partial charge in [0.25, 0.3) is 0 Å². The molecule has 3 atom stereocenters. The Morgan fingerprint density at radius 2 is 0.826 bits per heavy atom. The van der Waals surface area contributed by atoms with Gasteiger partial charge in [0.05, 0.1) is 39.9 Å². The van der Waals surface area contributed by atoms with Gasteiger partial charge in [0.15, 0.2) is 0 Å². The predicted octanol–water partition coefficient (Wildman–Crippen LogP) is 18.2. The number of unbranched alkanes of at least 4 members (excludes halogenated alkanes) is 36. The predicted molar refractivity (Wildman–Crippen MR) is 300 cm³/mol. The molecule has 0 aliphatic rings. The molecule has 0 aromatic carbocycles. The van der Waals surface area contributed by atoms with Crippen LogP contribution in [0.5, 0.6) is 0 Å². The van der Waals surface area contributed by atoms with Crippen LogP contribution >= 0.6 is 7.82 Å². The van der Waals surface area contributed by atoms with Crippen molar-refractivity contribution in [1.29, 1.82) is 0 Å². The summed E-state index contributed by atoms with van der Waals surface area (Å²) < 4.78 is 23.8. The highest BCUT2D eigenvalue weighted by Gasteiger charge is 2.28. The molecule has 0 bridgehead atoms. The molecule has 8 nitrogen and oxygen atoms in total. The fourth-order valence-electron chi connectivity index (χ4n) is 8.94. The summed E-state index contributed by atoms with van der Waals surface area (Å²) in [6, 6.07) is -0.761. The summed E-state index contributed by atoms with van der Waals surface area (Å²) in [6.07, 6.45) is 66.3. The minimum Gasteiger partial charge on any atom is -0.391 e. The van der Waals surface area contributed by atoms with Gasteiger partial charge in [0, 0.05) is 6.42 Å². The third-order valence-corrected chi connectivity index (χ3v) is 14.6. The molecule has 1 amide bonds. The molecule has 9 heteroatoms. The summed E-state index contributed by atoms with van der Waals surface area (Å²) in [5.41, 5.74) is 0. The zero-order valence-corrected chi connectivity index (χ0v) is 47.5. The zero-order valence-electron chi connectivity index (χ0n) is 46.6. The number of quaternary nitrogens is 1. The van der Waals surface area contributed by atoms with Gasteiger partial charge in [-0.25, -0.2) is 4.57 Å². The summed E-state index contributed by atoms with van der Waals surface area (Å²) in [4.78, 5) is 23.4. The molecule has 0 aromatic heterocycles. The number of rotatable bonds is 55. The fraction of sp³-hybridized carbons (Fsp3) is 0.883. The molecule has 69 heavy (non-hydrogen) atoms. The molecule has 0 saturated carbocycles. The number of nitrogens with zero attached hydrogens (tertiary/aromatic N) is 1. The maximum absolute atomic E-state index is 13.0. The number of amides is 1. The van der Waals surface area contributed by atoms with Crippen molar-refractivity contribution >= 4 is 13.7 Å². The van der Waals surface area contributed by atoms with E-state index in [-0.39, 0.29) is 19.1 Å². The van der Waals surface area contributed by atoms with E-state index in [9.17, 15) is 19.4 Å². The molecule has 0 fully saturated rings. The van der Waals surface area contributed by atoms with Crippen LogP contribution in [0.1, 0.15) is 290 Å². The van der Waals surface area contributed by atoms with Gasteiger partial charge in [0.2, 0.25) is 5.91 Å². The second-order valence-corrected chi connectivity index (χ2v) is 23.2. The number of carbonyl (C=O) groups is 1. The lowest BCUT2D eigenvalue weighted by atomic mass is 10.0. The number of phosphoric acid groups is 1. The number of nitrogens with one attached hydrogen (secondary N) is 1. The van der Waals surface area contributed by atoms with Crippen LogP contribution in [0.3, 0.4) is 0 Å². The minimum atomic E-state index is -4.32. The van der Waals surface area contributed by atoms with Crippen LogP contribution in [-0.4, -0.2) is 73.4 Å². The molecule has 3 unspecified atom stereocenters. The molecular formula is C60H118N2O6P+. The Hall–Kier alpha value is -1.28. The average molecular weight is 995 g/mol. The lowest BCUT2D eigenvalue weighted by molar-refractivity contribution is -0.870. The van der Waals surface area contributed by atoms with Crippen molar-refractivity contribution in [2.45, 2.75) is 302 Å². The van der Waals surface area contributed by atoms with Gasteiger partial charge in [-0.3, -0.25) is 13.8 Å². The van der Waals surface area contributed by atoms with E-state index in [0.29, 0.717) is 23.9 Å². The molecule has 0 heterocycles. The highest BCUT2D eigenvalue weighted by molar-refractivity contribution is 7.47. The zero-order chi connectivity index (χ0) is 50.6. The van der Waals surface area contributed by atoms with Crippen LogP contribution in [0.4, 0.5) is 0 Å². The lowest BCUT2D eigenvalue weighted by Crippen LogP contribution is -2.46. The van der Waals surface area contributed by atoms with Crippen LogP contribution in [0.2, 0.25) is 0 Å². The number of phosphoric ester groups is 1. The largest absolute Gasteiger partial charge is 0.472 e. The molecule has 0 aliphatic heterocycles. The highest BCUT2D eigenvalue weighted by Crippen LogP contribution is 2.43. The van der Waals surface area contributed by atoms with Crippen LogP contribution in [0, 0.1) is 0 Å². The number of hydrogen-bond acceptors (Lipinski definition) is 5.